The van der Waals surface area contributed by atoms with Gasteiger partial charge in [0.2, 0.25) is 0 Å². The van der Waals surface area contributed by atoms with Gasteiger partial charge in [0, 0.05) is 23.0 Å². The molecule has 2 nitrogen and oxygen atoms in total. The zero-order valence-electron chi connectivity index (χ0n) is 12.0. The number of aliphatic hydroxyl groups excluding tert-OH is 1. The van der Waals surface area contributed by atoms with Crippen LogP contribution in [-0.2, 0) is 4.74 Å². The second kappa shape index (κ2) is 6.90. The summed E-state index contributed by atoms with van der Waals surface area (Å²) in [5.74, 6) is 2.83. The van der Waals surface area contributed by atoms with Crippen LogP contribution in [-0.4, -0.2) is 40.7 Å². The molecule has 2 aliphatic rings. The fourth-order valence-electron chi connectivity index (χ4n) is 3.13. The molecule has 2 fully saturated rings. The molecule has 0 aromatic heterocycles. The van der Waals surface area contributed by atoms with Crippen LogP contribution in [0.25, 0.3) is 0 Å². The van der Waals surface area contributed by atoms with Crippen molar-refractivity contribution in [3.05, 3.63) is 30.1 Å². The number of aliphatic hydroxyl groups is 1. The first-order valence-electron chi connectivity index (χ1n) is 7.46. The predicted octanol–water partition coefficient (Wildman–Crippen LogP) is 3.58. The van der Waals surface area contributed by atoms with Crippen molar-refractivity contribution >= 4 is 23.5 Å². The Morgan fingerprint density at radius 3 is 3.10 bits per heavy atom. The van der Waals surface area contributed by atoms with Crippen LogP contribution in [0.3, 0.4) is 0 Å². The van der Waals surface area contributed by atoms with E-state index in [1.807, 2.05) is 17.8 Å². The first kappa shape index (κ1) is 15.7. The highest BCUT2D eigenvalue weighted by atomic mass is 32.2. The van der Waals surface area contributed by atoms with E-state index in [9.17, 15) is 9.50 Å². The number of benzene rings is 1. The first-order valence-corrected chi connectivity index (χ1v) is 9.60. The third-order valence-corrected chi connectivity index (χ3v) is 6.76. The quantitative estimate of drug-likeness (QED) is 0.856. The zero-order chi connectivity index (χ0) is 14.7. The lowest BCUT2D eigenvalue weighted by molar-refractivity contribution is -0.0977. The van der Waals surface area contributed by atoms with Crippen molar-refractivity contribution in [2.75, 3.05) is 23.9 Å². The normalized spacial score (nSPS) is 30.7. The minimum atomic E-state index is -0.388. The van der Waals surface area contributed by atoms with Gasteiger partial charge in [0.15, 0.2) is 0 Å². The maximum Gasteiger partial charge on any atom is 0.136 e. The monoisotopic (exact) mass is 328 g/mol. The standard InChI is InChI=1S/C16H21FO2S2/c17-13-3-1-2-4-15(13)21-10-14(18)12-5-7-19-16(9-12)6-8-20-11-16/h1-4,12,14,18H,5-11H2. The van der Waals surface area contributed by atoms with Crippen LogP contribution >= 0.6 is 23.5 Å². The Hall–Kier alpha value is -0.230. The minimum absolute atomic E-state index is 0.00275. The van der Waals surface area contributed by atoms with Crippen molar-refractivity contribution in [1.29, 1.82) is 0 Å². The molecule has 3 rings (SSSR count). The van der Waals surface area contributed by atoms with Gasteiger partial charge in [0.1, 0.15) is 5.82 Å². The van der Waals surface area contributed by atoms with Crippen LogP contribution in [0.1, 0.15) is 19.3 Å². The summed E-state index contributed by atoms with van der Waals surface area (Å²) in [4.78, 5) is 0.620. The van der Waals surface area contributed by atoms with Crippen molar-refractivity contribution in [3.8, 4) is 0 Å². The van der Waals surface area contributed by atoms with Gasteiger partial charge in [0.25, 0.3) is 0 Å². The van der Waals surface area contributed by atoms with E-state index >= 15 is 0 Å². The Labute approximate surface area is 133 Å². The molecule has 116 valence electrons. The summed E-state index contributed by atoms with van der Waals surface area (Å²) in [5.41, 5.74) is -0.00275. The average molecular weight is 328 g/mol. The number of ether oxygens (including phenoxy) is 1. The average Bonchev–Trinajstić information content (AvgIpc) is 2.94. The zero-order valence-corrected chi connectivity index (χ0v) is 13.6. The van der Waals surface area contributed by atoms with Gasteiger partial charge in [0.05, 0.1) is 11.7 Å². The van der Waals surface area contributed by atoms with Crippen molar-refractivity contribution in [3.63, 3.8) is 0 Å². The summed E-state index contributed by atoms with van der Waals surface area (Å²) in [6, 6.07) is 6.76. The fraction of sp³-hybridized carbons (Fsp3) is 0.625. The molecule has 0 radical (unpaired) electrons. The molecule has 21 heavy (non-hydrogen) atoms. The van der Waals surface area contributed by atoms with E-state index in [2.05, 4.69) is 0 Å². The van der Waals surface area contributed by atoms with Crippen LogP contribution < -0.4 is 0 Å². The van der Waals surface area contributed by atoms with Gasteiger partial charge in [-0.3, -0.25) is 0 Å². The van der Waals surface area contributed by atoms with E-state index < -0.39 is 0 Å². The number of thioether (sulfide) groups is 2. The van der Waals surface area contributed by atoms with Crippen molar-refractivity contribution in [2.24, 2.45) is 5.92 Å². The van der Waals surface area contributed by atoms with Crippen LogP contribution in [0, 0.1) is 11.7 Å². The smallest absolute Gasteiger partial charge is 0.136 e. The maximum atomic E-state index is 13.6. The van der Waals surface area contributed by atoms with Crippen molar-refractivity contribution < 1.29 is 14.2 Å². The van der Waals surface area contributed by atoms with Crippen LogP contribution in [0.15, 0.2) is 29.2 Å². The molecule has 0 bridgehead atoms. The van der Waals surface area contributed by atoms with Gasteiger partial charge in [-0.25, -0.2) is 4.39 Å². The van der Waals surface area contributed by atoms with Gasteiger partial charge in [-0.2, -0.15) is 11.8 Å². The Bertz CT molecular complexity index is 477. The lowest BCUT2D eigenvalue weighted by Crippen LogP contribution is -2.43. The fourth-order valence-corrected chi connectivity index (χ4v) is 5.51. The molecular weight excluding hydrogens is 307 g/mol. The highest BCUT2D eigenvalue weighted by Gasteiger charge is 2.42. The summed E-state index contributed by atoms with van der Waals surface area (Å²) < 4.78 is 19.6. The molecule has 2 heterocycles. The third-order valence-electron chi connectivity index (χ3n) is 4.39. The largest absolute Gasteiger partial charge is 0.392 e. The molecule has 3 unspecified atom stereocenters. The van der Waals surface area contributed by atoms with E-state index in [0.29, 0.717) is 10.6 Å². The Morgan fingerprint density at radius 1 is 1.48 bits per heavy atom. The minimum Gasteiger partial charge on any atom is -0.392 e. The second-order valence-corrected chi connectivity index (χ2v) is 8.06. The molecule has 1 spiro atoms. The van der Waals surface area contributed by atoms with E-state index in [0.717, 1.165) is 37.4 Å². The van der Waals surface area contributed by atoms with Gasteiger partial charge in [-0.05, 0) is 43.1 Å². The van der Waals surface area contributed by atoms with Gasteiger partial charge >= 0.3 is 0 Å². The highest BCUT2D eigenvalue weighted by Crippen LogP contribution is 2.41. The van der Waals surface area contributed by atoms with Crippen LogP contribution in [0.5, 0.6) is 0 Å². The Kier molecular flexibility index (Phi) is 5.15. The molecule has 1 aromatic carbocycles. The molecule has 0 amide bonds. The van der Waals surface area contributed by atoms with Crippen molar-refractivity contribution in [2.45, 2.75) is 35.9 Å². The highest BCUT2D eigenvalue weighted by molar-refractivity contribution is 7.99. The van der Waals surface area contributed by atoms with Crippen LogP contribution in [0.2, 0.25) is 0 Å². The SMILES string of the molecule is OC(CSc1ccccc1F)C1CCOC2(CCSC2)C1. The summed E-state index contributed by atoms with van der Waals surface area (Å²) in [6.07, 6.45) is 2.56. The van der Waals surface area contributed by atoms with Crippen molar-refractivity contribution in [1.82, 2.24) is 0 Å². The summed E-state index contributed by atoms with van der Waals surface area (Å²) >= 11 is 3.35. The Balaban J connectivity index is 1.55. The van der Waals surface area contributed by atoms with Crippen LogP contribution in [0.4, 0.5) is 4.39 Å². The molecular formula is C16H21FO2S2. The lowest BCUT2D eigenvalue weighted by atomic mass is 9.83. The summed E-state index contributed by atoms with van der Waals surface area (Å²) in [5, 5.41) is 10.5. The number of rotatable bonds is 4. The molecule has 0 saturated carbocycles. The molecule has 3 atom stereocenters. The van der Waals surface area contributed by atoms with E-state index in [-0.39, 0.29) is 23.4 Å². The first-order chi connectivity index (χ1) is 10.2. The maximum absolute atomic E-state index is 13.6. The topological polar surface area (TPSA) is 29.5 Å². The Morgan fingerprint density at radius 2 is 2.33 bits per heavy atom. The van der Waals surface area contributed by atoms with Gasteiger partial charge in [-0.15, -0.1) is 11.8 Å². The third kappa shape index (κ3) is 3.76. The molecule has 1 N–H and O–H groups in total. The van der Waals surface area contributed by atoms with Gasteiger partial charge in [-0.1, -0.05) is 12.1 Å². The van der Waals surface area contributed by atoms with E-state index in [1.165, 1.54) is 17.8 Å². The number of halogens is 1. The molecule has 2 saturated heterocycles. The summed E-state index contributed by atoms with van der Waals surface area (Å²) in [6.45, 7) is 0.743. The predicted molar refractivity (Wildman–Crippen MR) is 86.5 cm³/mol. The summed E-state index contributed by atoms with van der Waals surface area (Å²) in [7, 11) is 0. The molecule has 0 aliphatic carbocycles. The molecule has 2 aliphatic heterocycles. The number of hydrogen-bond donors (Lipinski definition) is 1. The van der Waals surface area contributed by atoms with E-state index in [4.69, 9.17) is 4.74 Å². The van der Waals surface area contributed by atoms with Gasteiger partial charge < -0.3 is 9.84 Å². The van der Waals surface area contributed by atoms with E-state index in [1.54, 1.807) is 12.1 Å². The molecule has 5 heteroatoms. The molecule has 1 aromatic rings. The second-order valence-electron chi connectivity index (χ2n) is 5.90. The lowest BCUT2D eigenvalue weighted by Gasteiger charge is -2.39. The number of hydrogen-bond acceptors (Lipinski definition) is 4.